The molecule has 0 amide bonds. The molecule has 68 valence electrons. The first-order chi connectivity index (χ1) is 6.85. The summed E-state index contributed by atoms with van der Waals surface area (Å²) < 4.78 is 0. The molecule has 0 atom stereocenters. The SMILES string of the molecule is [C-]#[N+]c1c[nH]c(-c2[nH]ncc2C=O)c1. The van der Waals surface area contributed by atoms with E-state index >= 15 is 0 Å². The van der Waals surface area contributed by atoms with Crippen molar-refractivity contribution in [2.45, 2.75) is 0 Å². The lowest BCUT2D eigenvalue weighted by Gasteiger charge is -1.92. The third-order valence-electron chi connectivity index (χ3n) is 1.86. The summed E-state index contributed by atoms with van der Waals surface area (Å²) in [5.41, 5.74) is 2.28. The molecule has 0 saturated carbocycles. The largest absolute Gasteiger partial charge is 0.371 e. The fraction of sp³-hybridized carbons (Fsp3) is 0. The van der Waals surface area contributed by atoms with Gasteiger partial charge in [-0.05, 0) is 6.07 Å². The fourth-order valence-corrected chi connectivity index (χ4v) is 1.19. The van der Waals surface area contributed by atoms with E-state index in [1.807, 2.05) is 0 Å². The molecule has 0 unspecified atom stereocenters. The highest BCUT2D eigenvalue weighted by molar-refractivity contribution is 5.85. The molecule has 14 heavy (non-hydrogen) atoms. The van der Waals surface area contributed by atoms with Gasteiger partial charge >= 0.3 is 0 Å². The molecule has 2 aromatic rings. The zero-order valence-corrected chi connectivity index (χ0v) is 7.11. The van der Waals surface area contributed by atoms with Gasteiger partial charge in [0.05, 0.1) is 29.7 Å². The van der Waals surface area contributed by atoms with Crippen LogP contribution < -0.4 is 0 Å². The van der Waals surface area contributed by atoms with Gasteiger partial charge in [-0.3, -0.25) is 9.89 Å². The van der Waals surface area contributed by atoms with Crippen LogP contribution in [0.5, 0.6) is 0 Å². The van der Waals surface area contributed by atoms with Crippen LogP contribution in [0.4, 0.5) is 5.69 Å². The Morgan fingerprint density at radius 3 is 3.07 bits per heavy atom. The summed E-state index contributed by atoms with van der Waals surface area (Å²) >= 11 is 0. The summed E-state index contributed by atoms with van der Waals surface area (Å²) in [4.78, 5) is 16.7. The maximum Gasteiger partial charge on any atom is 0.204 e. The number of carbonyl (C=O) groups is 1. The molecule has 0 aliphatic rings. The molecule has 2 heterocycles. The lowest BCUT2D eigenvalue weighted by molar-refractivity contribution is 0.112. The molecule has 0 aliphatic heterocycles. The number of carbonyl (C=O) groups excluding carboxylic acids is 1. The molecule has 0 aromatic carbocycles. The number of nitrogens with one attached hydrogen (secondary N) is 2. The highest BCUT2D eigenvalue weighted by Crippen LogP contribution is 2.23. The van der Waals surface area contributed by atoms with Crippen LogP contribution in [0.15, 0.2) is 18.5 Å². The summed E-state index contributed by atoms with van der Waals surface area (Å²) in [6.07, 6.45) is 3.75. The number of rotatable bonds is 2. The molecule has 2 rings (SSSR count). The molecule has 2 N–H and O–H groups in total. The number of H-pyrrole nitrogens is 2. The van der Waals surface area contributed by atoms with Crippen LogP contribution in [0.25, 0.3) is 16.2 Å². The Kier molecular flexibility index (Phi) is 1.88. The van der Waals surface area contributed by atoms with E-state index in [0.29, 0.717) is 22.6 Å². The van der Waals surface area contributed by atoms with E-state index < -0.39 is 0 Å². The number of nitrogens with zero attached hydrogens (tertiary/aromatic N) is 2. The lowest BCUT2D eigenvalue weighted by atomic mass is 10.2. The third-order valence-corrected chi connectivity index (χ3v) is 1.86. The second-order valence-corrected chi connectivity index (χ2v) is 2.70. The summed E-state index contributed by atoms with van der Waals surface area (Å²) in [6, 6.07) is 1.66. The monoisotopic (exact) mass is 186 g/mol. The smallest absolute Gasteiger partial charge is 0.204 e. The van der Waals surface area contributed by atoms with Gasteiger partial charge in [0.2, 0.25) is 5.69 Å². The van der Waals surface area contributed by atoms with E-state index in [0.717, 1.165) is 6.29 Å². The van der Waals surface area contributed by atoms with Crippen molar-refractivity contribution in [1.82, 2.24) is 15.2 Å². The highest BCUT2D eigenvalue weighted by Gasteiger charge is 2.08. The minimum atomic E-state index is 0.475. The number of hydrogen-bond acceptors (Lipinski definition) is 2. The molecular weight excluding hydrogens is 180 g/mol. The van der Waals surface area contributed by atoms with Crippen molar-refractivity contribution in [2.75, 3.05) is 0 Å². The zero-order chi connectivity index (χ0) is 9.97. The number of aromatic nitrogens is 3. The van der Waals surface area contributed by atoms with Crippen molar-refractivity contribution in [3.63, 3.8) is 0 Å². The average molecular weight is 186 g/mol. The summed E-state index contributed by atoms with van der Waals surface area (Å²) in [6.45, 7) is 6.79. The summed E-state index contributed by atoms with van der Waals surface area (Å²) in [5.74, 6) is 0. The van der Waals surface area contributed by atoms with Crippen LogP contribution in [0.2, 0.25) is 0 Å². The van der Waals surface area contributed by atoms with E-state index in [9.17, 15) is 4.79 Å². The van der Waals surface area contributed by atoms with E-state index in [1.165, 1.54) is 6.20 Å². The van der Waals surface area contributed by atoms with Crippen LogP contribution in [-0.2, 0) is 0 Å². The first kappa shape index (κ1) is 8.26. The Labute approximate surface area is 79.6 Å². The van der Waals surface area contributed by atoms with Crippen molar-refractivity contribution in [2.24, 2.45) is 0 Å². The fourth-order valence-electron chi connectivity index (χ4n) is 1.19. The third kappa shape index (κ3) is 1.19. The van der Waals surface area contributed by atoms with Crippen molar-refractivity contribution in [1.29, 1.82) is 0 Å². The minimum Gasteiger partial charge on any atom is -0.371 e. The van der Waals surface area contributed by atoms with E-state index in [4.69, 9.17) is 6.57 Å². The van der Waals surface area contributed by atoms with Gasteiger partial charge in [0.15, 0.2) is 6.29 Å². The minimum absolute atomic E-state index is 0.475. The van der Waals surface area contributed by atoms with Gasteiger partial charge in [0.1, 0.15) is 0 Å². The molecule has 0 bridgehead atoms. The van der Waals surface area contributed by atoms with Gasteiger partial charge in [-0.2, -0.15) is 5.10 Å². The van der Waals surface area contributed by atoms with Gasteiger partial charge in [-0.25, -0.2) is 4.85 Å². The lowest BCUT2D eigenvalue weighted by Crippen LogP contribution is -1.83. The molecule has 0 spiro atoms. The Balaban J connectivity index is 2.49. The zero-order valence-electron chi connectivity index (χ0n) is 7.11. The second-order valence-electron chi connectivity index (χ2n) is 2.70. The summed E-state index contributed by atoms with van der Waals surface area (Å²) in [7, 11) is 0. The van der Waals surface area contributed by atoms with E-state index in [-0.39, 0.29) is 0 Å². The van der Waals surface area contributed by atoms with Gasteiger partial charge < -0.3 is 4.98 Å². The predicted molar refractivity (Wildman–Crippen MR) is 50.0 cm³/mol. The molecule has 2 aromatic heterocycles. The normalized spacial score (nSPS) is 9.64. The second kappa shape index (κ2) is 3.18. The van der Waals surface area contributed by atoms with Crippen LogP contribution in [0.1, 0.15) is 10.4 Å². The van der Waals surface area contributed by atoms with Gasteiger partial charge in [-0.15, -0.1) is 0 Å². The maximum absolute atomic E-state index is 10.6. The highest BCUT2D eigenvalue weighted by atomic mass is 16.1. The molecule has 0 aliphatic carbocycles. The van der Waals surface area contributed by atoms with Crippen LogP contribution in [-0.4, -0.2) is 21.5 Å². The number of hydrogen-bond donors (Lipinski definition) is 2. The standard InChI is InChI=1S/C9H6N4O/c1-10-7-2-8(11-4-7)9-6(5-14)3-12-13-9/h2-5,11H,(H,12,13). The molecule has 5 nitrogen and oxygen atoms in total. The Bertz CT molecular complexity index is 503. The van der Waals surface area contributed by atoms with Gasteiger partial charge in [0, 0.05) is 6.20 Å². The van der Waals surface area contributed by atoms with Crippen LogP contribution >= 0.6 is 0 Å². The maximum atomic E-state index is 10.6. The first-order valence-electron chi connectivity index (χ1n) is 3.90. The first-order valence-corrected chi connectivity index (χ1v) is 3.90. The molecule has 5 heteroatoms. The van der Waals surface area contributed by atoms with Gasteiger partial charge in [-0.1, -0.05) is 0 Å². The quantitative estimate of drug-likeness (QED) is 0.554. The Hall–Kier alpha value is -2.35. The molecule has 0 radical (unpaired) electrons. The van der Waals surface area contributed by atoms with Crippen LogP contribution in [0.3, 0.4) is 0 Å². The Morgan fingerprint density at radius 1 is 1.57 bits per heavy atom. The molecular formula is C9H6N4O. The predicted octanol–water partition coefficient (Wildman–Crippen LogP) is 1.77. The Morgan fingerprint density at radius 2 is 2.43 bits per heavy atom. The number of aldehydes is 1. The van der Waals surface area contributed by atoms with E-state index in [1.54, 1.807) is 12.3 Å². The van der Waals surface area contributed by atoms with Crippen molar-refractivity contribution < 1.29 is 4.79 Å². The van der Waals surface area contributed by atoms with Crippen molar-refractivity contribution >= 4 is 12.0 Å². The van der Waals surface area contributed by atoms with E-state index in [2.05, 4.69) is 20.0 Å². The van der Waals surface area contributed by atoms with Gasteiger partial charge in [0.25, 0.3) is 0 Å². The molecule has 0 fully saturated rings. The van der Waals surface area contributed by atoms with Crippen molar-refractivity contribution in [3.05, 3.63) is 35.4 Å². The van der Waals surface area contributed by atoms with Crippen LogP contribution in [0, 0.1) is 6.57 Å². The number of aromatic amines is 2. The molecule has 0 saturated heterocycles. The summed E-state index contributed by atoms with van der Waals surface area (Å²) in [5, 5.41) is 6.45. The topological polar surface area (TPSA) is 65.9 Å². The van der Waals surface area contributed by atoms with Crippen molar-refractivity contribution in [3.8, 4) is 11.4 Å². The average Bonchev–Trinajstić information content (AvgIpc) is 2.85.